The van der Waals surface area contributed by atoms with Crippen LogP contribution in [0.2, 0.25) is 0 Å². The highest BCUT2D eigenvalue weighted by molar-refractivity contribution is 5.82. The van der Waals surface area contributed by atoms with Crippen molar-refractivity contribution in [3.05, 3.63) is 0 Å². The summed E-state index contributed by atoms with van der Waals surface area (Å²) in [6.45, 7) is 6.09. The highest BCUT2D eigenvalue weighted by atomic mass is 16.5. The van der Waals surface area contributed by atoms with E-state index in [1.165, 1.54) is 0 Å². The zero-order chi connectivity index (χ0) is 10.6. The first-order valence-corrected chi connectivity index (χ1v) is 5.06. The van der Waals surface area contributed by atoms with Gasteiger partial charge in [0.15, 0.2) is 0 Å². The number of hydrogen-bond donors (Lipinski definition) is 2. The highest BCUT2D eigenvalue weighted by Crippen LogP contribution is 2.20. The van der Waals surface area contributed by atoms with E-state index in [4.69, 9.17) is 20.6 Å². The lowest BCUT2D eigenvalue weighted by molar-refractivity contribution is 0.0336. The van der Waals surface area contributed by atoms with Crippen LogP contribution in [-0.4, -0.2) is 31.8 Å². The van der Waals surface area contributed by atoms with E-state index in [-0.39, 0.29) is 17.4 Å². The molecule has 0 aromatic rings. The topological polar surface area (TPSA) is 68.3 Å². The summed E-state index contributed by atoms with van der Waals surface area (Å²) in [5.41, 5.74) is 5.22. The number of ether oxygens (including phenoxy) is 2. The van der Waals surface area contributed by atoms with Gasteiger partial charge in [-0.15, -0.1) is 0 Å². The first kappa shape index (κ1) is 11.5. The maximum Gasteiger partial charge on any atom is 0.0963 e. The monoisotopic (exact) mass is 200 g/mol. The summed E-state index contributed by atoms with van der Waals surface area (Å²) in [4.78, 5) is 0. The average Bonchev–Trinajstić information content (AvgIpc) is 2.56. The third-order valence-electron chi connectivity index (χ3n) is 2.70. The Bertz CT molecular complexity index is 198. The molecule has 1 unspecified atom stereocenters. The third kappa shape index (κ3) is 3.27. The van der Waals surface area contributed by atoms with Gasteiger partial charge in [-0.05, 0) is 12.8 Å². The normalized spacial score (nSPS) is 22.6. The van der Waals surface area contributed by atoms with Gasteiger partial charge in [-0.2, -0.15) is 0 Å². The second-order valence-electron chi connectivity index (χ2n) is 4.40. The van der Waals surface area contributed by atoms with E-state index in [9.17, 15) is 0 Å². The molecule has 0 aromatic carbocycles. The fraction of sp³-hybridized carbons (Fsp3) is 0.900. The van der Waals surface area contributed by atoms with Gasteiger partial charge in [-0.3, -0.25) is 5.41 Å². The summed E-state index contributed by atoms with van der Waals surface area (Å²) in [6.07, 6.45) is 2.03. The highest BCUT2D eigenvalue weighted by Gasteiger charge is 2.23. The van der Waals surface area contributed by atoms with E-state index < -0.39 is 0 Å². The van der Waals surface area contributed by atoms with Crippen molar-refractivity contribution in [1.29, 1.82) is 5.41 Å². The van der Waals surface area contributed by atoms with Gasteiger partial charge in [0.25, 0.3) is 0 Å². The van der Waals surface area contributed by atoms with Crippen LogP contribution in [-0.2, 0) is 9.47 Å². The number of nitrogens with one attached hydrogen (secondary N) is 1. The minimum absolute atomic E-state index is 0.226. The molecule has 0 radical (unpaired) electrons. The average molecular weight is 200 g/mol. The molecule has 1 aliphatic heterocycles. The smallest absolute Gasteiger partial charge is 0.0963 e. The van der Waals surface area contributed by atoms with Crippen LogP contribution in [0.4, 0.5) is 0 Å². The number of hydrogen-bond acceptors (Lipinski definition) is 3. The molecule has 14 heavy (non-hydrogen) atoms. The number of nitrogens with two attached hydrogens (primary N) is 1. The lowest BCUT2D eigenvalue weighted by Gasteiger charge is -2.23. The molecule has 1 atom stereocenters. The first-order valence-electron chi connectivity index (χ1n) is 5.06. The van der Waals surface area contributed by atoms with E-state index in [1.807, 2.05) is 13.8 Å². The Labute approximate surface area is 85.3 Å². The molecule has 1 fully saturated rings. The summed E-state index contributed by atoms with van der Waals surface area (Å²) in [7, 11) is 0. The van der Waals surface area contributed by atoms with E-state index in [1.54, 1.807) is 0 Å². The van der Waals surface area contributed by atoms with Crippen molar-refractivity contribution in [2.45, 2.75) is 32.8 Å². The van der Waals surface area contributed by atoms with Crippen molar-refractivity contribution in [2.24, 2.45) is 11.1 Å². The summed E-state index contributed by atoms with van der Waals surface area (Å²) in [5.74, 6) is 0.226. The molecule has 1 heterocycles. The Morgan fingerprint density at radius 2 is 2.36 bits per heavy atom. The van der Waals surface area contributed by atoms with Crippen molar-refractivity contribution < 1.29 is 9.47 Å². The van der Waals surface area contributed by atoms with Crippen molar-refractivity contribution in [3.63, 3.8) is 0 Å². The van der Waals surface area contributed by atoms with Crippen LogP contribution < -0.4 is 5.73 Å². The fourth-order valence-corrected chi connectivity index (χ4v) is 1.26. The molecule has 0 amide bonds. The molecule has 4 nitrogen and oxygen atoms in total. The lowest BCUT2D eigenvalue weighted by Crippen LogP contribution is -2.32. The van der Waals surface area contributed by atoms with Gasteiger partial charge in [0.2, 0.25) is 0 Å². The summed E-state index contributed by atoms with van der Waals surface area (Å²) >= 11 is 0. The predicted molar refractivity (Wildman–Crippen MR) is 55.5 cm³/mol. The predicted octanol–water partition coefficient (Wildman–Crippen LogP) is 1.14. The molecule has 0 spiro atoms. The molecule has 1 rings (SSSR count). The molecule has 0 aliphatic carbocycles. The molecule has 1 saturated heterocycles. The van der Waals surface area contributed by atoms with Crippen LogP contribution >= 0.6 is 0 Å². The Kier molecular flexibility index (Phi) is 3.89. The van der Waals surface area contributed by atoms with E-state index >= 15 is 0 Å². The van der Waals surface area contributed by atoms with E-state index in [0.717, 1.165) is 19.4 Å². The van der Waals surface area contributed by atoms with Gasteiger partial charge < -0.3 is 15.2 Å². The Morgan fingerprint density at radius 3 is 2.86 bits per heavy atom. The van der Waals surface area contributed by atoms with Gasteiger partial charge in [-0.25, -0.2) is 0 Å². The first-order chi connectivity index (χ1) is 6.52. The lowest BCUT2D eigenvalue weighted by atomic mass is 9.88. The Hall–Kier alpha value is -0.610. The Morgan fingerprint density at radius 1 is 1.64 bits per heavy atom. The largest absolute Gasteiger partial charge is 0.387 e. The van der Waals surface area contributed by atoms with Gasteiger partial charge in [0.1, 0.15) is 0 Å². The van der Waals surface area contributed by atoms with Crippen molar-refractivity contribution >= 4 is 5.84 Å². The molecular formula is C10H20N2O2. The zero-order valence-electron chi connectivity index (χ0n) is 9.01. The van der Waals surface area contributed by atoms with Crippen molar-refractivity contribution in [1.82, 2.24) is 0 Å². The molecule has 0 saturated carbocycles. The maximum absolute atomic E-state index is 7.38. The van der Waals surface area contributed by atoms with Crippen LogP contribution in [0, 0.1) is 10.8 Å². The zero-order valence-corrected chi connectivity index (χ0v) is 9.01. The minimum Gasteiger partial charge on any atom is -0.387 e. The van der Waals surface area contributed by atoms with Crippen molar-refractivity contribution in [2.75, 3.05) is 19.8 Å². The molecule has 4 heteroatoms. The van der Waals surface area contributed by atoms with E-state index in [2.05, 4.69) is 0 Å². The van der Waals surface area contributed by atoms with Crippen LogP contribution in [0.1, 0.15) is 26.7 Å². The van der Waals surface area contributed by atoms with Crippen LogP contribution in [0.3, 0.4) is 0 Å². The quantitative estimate of drug-likeness (QED) is 0.516. The van der Waals surface area contributed by atoms with E-state index in [0.29, 0.717) is 13.2 Å². The Balaban J connectivity index is 2.16. The number of rotatable bonds is 5. The molecule has 82 valence electrons. The van der Waals surface area contributed by atoms with Gasteiger partial charge in [-0.1, -0.05) is 13.8 Å². The molecule has 1 aliphatic rings. The molecule has 3 N–H and O–H groups in total. The summed E-state index contributed by atoms with van der Waals surface area (Å²) < 4.78 is 10.8. The van der Waals surface area contributed by atoms with Gasteiger partial charge in [0.05, 0.1) is 18.5 Å². The maximum atomic E-state index is 7.38. The second kappa shape index (κ2) is 4.75. The SMILES string of the molecule is CC(C)(CCOC1CCOC1)C(=N)N. The van der Waals surface area contributed by atoms with Gasteiger partial charge in [0, 0.05) is 18.6 Å². The number of amidine groups is 1. The molecular weight excluding hydrogens is 180 g/mol. The fourth-order valence-electron chi connectivity index (χ4n) is 1.26. The molecule has 0 aromatic heterocycles. The summed E-state index contributed by atoms with van der Waals surface area (Å²) in [5, 5.41) is 7.38. The van der Waals surface area contributed by atoms with Crippen LogP contribution in [0.25, 0.3) is 0 Å². The standard InChI is InChI=1S/C10H20N2O2/c1-10(2,9(11)12)4-6-14-8-3-5-13-7-8/h8H,3-7H2,1-2H3,(H3,11,12). The molecule has 0 bridgehead atoms. The summed E-state index contributed by atoms with van der Waals surface area (Å²) in [6, 6.07) is 0. The minimum atomic E-state index is -0.251. The second-order valence-corrected chi connectivity index (χ2v) is 4.40. The van der Waals surface area contributed by atoms with Crippen molar-refractivity contribution in [3.8, 4) is 0 Å². The van der Waals surface area contributed by atoms with Gasteiger partial charge >= 0.3 is 0 Å². The van der Waals surface area contributed by atoms with Crippen LogP contribution in [0.5, 0.6) is 0 Å². The van der Waals surface area contributed by atoms with Crippen LogP contribution in [0.15, 0.2) is 0 Å². The third-order valence-corrected chi connectivity index (χ3v) is 2.70.